The fourth-order valence-electron chi connectivity index (χ4n) is 1.58. The van der Waals surface area contributed by atoms with Gasteiger partial charge < -0.3 is 4.90 Å². The molecular formula is C12H12Cl2N4. The van der Waals surface area contributed by atoms with Crippen molar-refractivity contribution in [3.63, 3.8) is 0 Å². The van der Waals surface area contributed by atoms with Crippen molar-refractivity contribution in [3.05, 3.63) is 40.3 Å². The van der Waals surface area contributed by atoms with Gasteiger partial charge in [0.25, 0.3) is 0 Å². The fourth-order valence-corrected chi connectivity index (χ4v) is 1.90. The number of nitrogens with zero attached hydrogens (tertiary/aromatic N) is 4. The molecule has 2 rings (SSSR count). The number of hydrogen-bond donors (Lipinski definition) is 0. The second kappa shape index (κ2) is 5.50. The van der Waals surface area contributed by atoms with Gasteiger partial charge in [-0.25, -0.2) is 0 Å². The molecule has 1 aromatic carbocycles. The molecule has 0 saturated heterocycles. The summed E-state index contributed by atoms with van der Waals surface area (Å²) < 4.78 is 0. The van der Waals surface area contributed by atoms with Crippen LogP contribution in [-0.2, 0) is 6.42 Å². The van der Waals surface area contributed by atoms with E-state index in [-0.39, 0.29) is 10.4 Å². The molecule has 2 aromatic rings. The van der Waals surface area contributed by atoms with Gasteiger partial charge in [-0.1, -0.05) is 30.7 Å². The third kappa shape index (κ3) is 2.71. The highest BCUT2D eigenvalue weighted by molar-refractivity contribution is 6.32. The third-order valence-corrected chi connectivity index (χ3v) is 3.06. The number of benzene rings is 1. The zero-order valence-electron chi connectivity index (χ0n) is 10.1. The topological polar surface area (TPSA) is 41.9 Å². The molecule has 0 bridgehead atoms. The van der Waals surface area contributed by atoms with Crippen LogP contribution in [0.1, 0.15) is 12.5 Å². The van der Waals surface area contributed by atoms with Crippen molar-refractivity contribution in [3.8, 4) is 0 Å². The molecule has 0 amide bonds. The van der Waals surface area contributed by atoms with Gasteiger partial charge in [-0.3, -0.25) is 0 Å². The maximum absolute atomic E-state index is 5.96. The smallest absolute Gasteiger partial charge is 0.245 e. The Hall–Kier alpha value is -1.39. The Bertz CT molecular complexity index is 542. The van der Waals surface area contributed by atoms with Gasteiger partial charge in [-0.15, -0.1) is 10.2 Å². The van der Waals surface area contributed by atoms with Crippen LogP contribution in [0.4, 0.5) is 11.5 Å². The van der Waals surface area contributed by atoms with E-state index in [0.717, 1.165) is 12.1 Å². The summed E-state index contributed by atoms with van der Waals surface area (Å²) in [7, 11) is 1.85. The lowest BCUT2D eigenvalue weighted by molar-refractivity contribution is 0.949. The van der Waals surface area contributed by atoms with Crippen LogP contribution in [-0.4, -0.2) is 22.2 Å². The van der Waals surface area contributed by atoms with Crippen molar-refractivity contribution < 1.29 is 0 Å². The fraction of sp³-hybridized carbons (Fsp3) is 0.250. The van der Waals surface area contributed by atoms with Gasteiger partial charge in [0.2, 0.25) is 5.28 Å². The molecule has 0 unspecified atom stereocenters. The van der Waals surface area contributed by atoms with Crippen LogP contribution in [0.25, 0.3) is 0 Å². The van der Waals surface area contributed by atoms with E-state index in [2.05, 4.69) is 34.2 Å². The molecule has 0 spiro atoms. The largest absolute Gasteiger partial charge is 0.327 e. The van der Waals surface area contributed by atoms with E-state index < -0.39 is 0 Å². The third-order valence-electron chi connectivity index (χ3n) is 2.65. The summed E-state index contributed by atoms with van der Waals surface area (Å²) in [6.07, 6.45) is 1.01. The first kappa shape index (κ1) is 13.1. The van der Waals surface area contributed by atoms with Gasteiger partial charge in [0.05, 0.1) is 0 Å². The van der Waals surface area contributed by atoms with Gasteiger partial charge >= 0.3 is 0 Å². The Kier molecular flexibility index (Phi) is 3.99. The first-order chi connectivity index (χ1) is 8.61. The Morgan fingerprint density at radius 1 is 1.11 bits per heavy atom. The standard InChI is InChI=1S/C12H12Cl2N4/c1-3-8-4-6-9(7-5-8)18(2)11-10(13)16-17-12(14)15-11/h4-7H,3H2,1-2H3. The van der Waals surface area contributed by atoms with E-state index >= 15 is 0 Å². The lowest BCUT2D eigenvalue weighted by Crippen LogP contribution is -2.13. The van der Waals surface area contributed by atoms with Gasteiger partial charge in [0.15, 0.2) is 11.0 Å². The quantitative estimate of drug-likeness (QED) is 0.864. The van der Waals surface area contributed by atoms with Crippen molar-refractivity contribution in [2.45, 2.75) is 13.3 Å². The van der Waals surface area contributed by atoms with E-state index in [0.29, 0.717) is 5.82 Å². The average molecular weight is 283 g/mol. The minimum atomic E-state index is 0.0754. The highest BCUT2D eigenvalue weighted by atomic mass is 35.5. The normalized spacial score (nSPS) is 10.4. The molecule has 0 aliphatic heterocycles. The minimum Gasteiger partial charge on any atom is -0.327 e. The number of hydrogen-bond acceptors (Lipinski definition) is 4. The van der Waals surface area contributed by atoms with Crippen LogP contribution < -0.4 is 4.90 Å². The van der Waals surface area contributed by atoms with E-state index in [1.54, 1.807) is 0 Å². The zero-order valence-corrected chi connectivity index (χ0v) is 11.6. The minimum absolute atomic E-state index is 0.0754. The Balaban J connectivity index is 2.34. The van der Waals surface area contributed by atoms with Crippen LogP contribution in [0.15, 0.2) is 24.3 Å². The molecule has 0 fully saturated rings. The van der Waals surface area contributed by atoms with Crippen LogP contribution in [0.5, 0.6) is 0 Å². The predicted molar refractivity (Wildman–Crippen MR) is 73.7 cm³/mol. The highest BCUT2D eigenvalue weighted by Crippen LogP contribution is 2.27. The van der Waals surface area contributed by atoms with Crippen molar-refractivity contribution >= 4 is 34.7 Å². The van der Waals surface area contributed by atoms with Crippen molar-refractivity contribution in [2.75, 3.05) is 11.9 Å². The van der Waals surface area contributed by atoms with Crippen molar-refractivity contribution in [1.29, 1.82) is 0 Å². The summed E-state index contributed by atoms with van der Waals surface area (Å²) in [6.45, 7) is 2.11. The van der Waals surface area contributed by atoms with Gasteiger partial charge in [-0.2, -0.15) is 4.98 Å². The number of aromatic nitrogens is 3. The SMILES string of the molecule is CCc1ccc(N(C)c2nc(Cl)nnc2Cl)cc1. The molecule has 0 aliphatic rings. The molecule has 0 atom stereocenters. The molecule has 0 aliphatic carbocycles. The molecule has 4 nitrogen and oxygen atoms in total. The molecule has 18 heavy (non-hydrogen) atoms. The molecule has 0 saturated carbocycles. The number of anilines is 2. The van der Waals surface area contributed by atoms with Crippen LogP contribution in [0, 0.1) is 0 Å². The zero-order chi connectivity index (χ0) is 13.1. The highest BCUT2D eigenvalue weighted by Gasteiger charge is 2.12. The van der Waals surface area contributed by atoms with Gasteiger partial charge in [-0.05, 0) is 35.7 Å². The number of aryl methyl sites for hydroxylation is 1. The predicted octanol–water partition coefficient (Wildman–Crippen LogP) is 3.51. The number of halogens is 2. The maximum atomic E-state index is 5.96. The van der Waals surface area contributed by atoms with Crippen LogP contribution in [0.2, 0.25) is 10.4 Å². The number of rotatable bonds is 3. The molecular weight excluding hydrogens is 271 g/mol. The van der Waals surface area contributed by atoms with E-state index in [9.17, 15) is 0 Å². The lowest BCUT2D eigenvalue weighted by Gasteiger charge is -2.18. The summed E-state index contributed by atoms with van der Waals surface area (Å²) in [5.41, 5.74) is 2.24. The van der Waals surface area contributed by atoms with Crippen LogP contribution in [0.3, 0.4) is 0 Å². The van der Waals surface area contributed by atoms with Gasteiger partial charge in [0, 0.05) is 12.7 Å². The summed E-state index contributed by atoms with van der Waals surface area (Å²) in [6, 6.07) is 8.14. The molecule has 0 N–H and O–H groups in total. The Morgan fingerprint density at radius 2 is 1.78 bits per heavy atom. The second-order valence-corrected chi connectivity index (χ2v) is 4.47. The van der Waals surface area contributed by atoms with E-state index in [1.807, 2.05) is 24.1 Å². The van der Waals surface area contributed by atoms with Gasteiger partial charge in [0.1, 0.15) is 0 Å². The summed E-state index contributed by atoms with van der Waals surface area (Å²) in [5, 5.41) is 7.63. The molecule has 94 valence electrons. The van der Waals surface area contributed by atoms with Crippen molar-refractivity contribution in [1.82, 2.24) is 15.2 Å². The monoisotopic (exact) mass is 282 g/mol. The first-order valence-electron chi connectivity index (χ1n) is 5.50. The molecule has 1 heterocycles. The summed E-state index contributed by atoms with van der Waals surface area (Å²) >= 11 is 11.7. The molecule has 1 aromatic heterocycles. The van der Waals surface area contributed by atoms with E-state index in [1.165, 1.54) is 5.56 Å². The lowest BCUT2D eigenvalue weighted by atomic mass is 10.1. The Labute approximate surface area is 116 Å². The summed E-state index contributed by atoms with van der Waals surface area (Å²) in [4.78, 5) is 5.90. The molecule has 6 heteroatoms. The second-order valence-electron chi connectivity index (χ2n) is 3.77. The Morgan fingerprint density at radius 3 is 2.39 bits per heavy atom. The van der Waals surface area contributed by atoms with E-state index in [4.69, 9.17) is 23.2 Å². The molecule has 0 radical (unpaired) electrons. The van der Waals surface area contributed by atoms with Crippen LogP contribution >= 0.6 is 23.2 Å². The average Bonchev–Trinajstić information content (AvgIpc) is 2.41. The maximum Gasteiger partial charge on any atom is 0.245 e. The van der Waals surface area contributed by atoms with Crippen molar-refractivity contribution in [2.24, 2.45) is 0 Å². The first-order valence-corrected chi connectivity index (χ1v) is 6.25. The summed E-state index contributed by atoms with van der Waals surface area (Å²) in [5.74, 6) is 0.487.